The normalized spacial score (nSPS) is 10.5. The van der Waals surface area contributed by atoms with Gasteiger partial charge in [0.1, 0.15) is 10.7 Å². The molecule has 3 aromatic heterocycles. The number of aromatic nitrogens is 2. The van der Waals surface area contributed by atoms with Crippen LogP contribution in [0.2, 0.25) is 0 Å². The summed E-state index contributed by atoms with van der Waals surface area (Å²) in [6.45, 7) is -0.157. The standard InChI is InChI=1S/C14H11N3O2S2/c18-6-9-1-3-15-5-11(9)16-13(19)12-8-21-14(17-12)10-2-4-20-7-10/h1-5,7-8,18H,6H2,(H,16,19). The lowest BCUT2D eigenvalue weighted by atomic mass is 10.2. The minimum atomic E-state index is -0.310. The largest absolute Gasteiger partial charge is 0.392 e. The molecule has 5 nitrogen and oxygen atoms in total. The number of thiazole rings is 1. The molecule has 0 aromatic carbocycles. The SMILES string of the molecule is O=C(Nc1cnccc1CO)c1csc(-c2ccsc2)n1. The number of rotatable bonds is 4. The molecule has 0 bridgehead atoms. The van der Waals surface area contributed by atoms with E-state index in [1.165, 1.54) is 17.5 Å². The molecule has 3 aromatic rings. The van der Waals surface area contributed by atoms with Crippen LogP contribution in [0.15, 0.2) is 40.7 Å². The highest BCUT2D eigenvalue weighted by molar-refractivity contribution is 7.14. The first-order valence-corrected chi connectivity index (χ1v) is 7.93. The maximum absolute atomic E-state index is 12.2. The number of thiophene rings is 1. The Kier molecular flexibility index (Phi) is 4.05. The maximum Gasteiger partial charge on any atom is 0.275 e. The molecule has 106 valence electrons. The molecular formula is C14H11N3O2S2. The summed E-state index contributed by atoms with van der Waals surface area (Å²) in [6.07, 6.45) is 3.08. The summed E-state index contributed by atoms with van der Waals surface area (Å²) in [4.78, 5) is 20.5. The van der Waals surface area contributed by atoms with E-state index in [0.717, 1.165) is 10.6 Å². The highest BCUT2D eigenvalue weighted by Gasteiger charge is 2.13. The molecule has 1 amide bonds. The highest BCUT2D eigenvalue weighted by atomic mass is 32.1. The Labute approximate surface area is 129 Å². The molecule has 7 heteroatoms. The predicted octanol–water partition coefficient (Wildman–Crippen LogP) is 3.01. The van der Waals surface area contributed by atoms with Crippen LogP contribution in [0.5, 0.6) is 0 Å². The second kappa shape index (κ2) is 6.13. The summed E-state index contributed by atoms with van der Waals surface area (Å²) in [5.41, 5.74) is 2.48. The fourth-order valence-electron chi connectivity index (χ4n) is 1.76. The molecule has 2 N–H and O–H groups in total. The number of hydrogen-bond donors (Lipinski definition) is 2. The lowest BCUT2D eigenvalue weighted by molar-refractivity contribution is 0.102. The third-order valence-electron chi connectivity index (χ3n) is 2.83. The monoisotopic (exact) mass is 317 g/mol. The van der Waals surface area contributed by atoms with Gasteiger partial charge in [0.25, 0.3) is 5.91 Å². The number of nitrogens with zero attached hydrogens (tertiary/aromatic N) is 2. The molecule has 0 unspecified atom stereocenters. The first kappa shape index (κ1) is 13.9. The highest BCUT2D eigenvalue weighted by Crippen LogP contribution is 2.26. The topological polar surface area (TPSA) is 75.1 Å². The lowest BCUT2D eigenvalue weighted by Gasteiger charge is -2.06. The van der Waals surface area contributed by atoms with Gasteiger partial charge in [0.05, 0.1) is 18.5 Å². The zero-order chi connectivity index (χ0) is 14.7. The number of hydrogen-bond acceptors (Lipinski definition) is 6. The summed E-state index contributed by atoms with van der Waals surface area (Å²) in [7, 11) is 0. The van der Waals surface area contributed by atoms with Gasteiger partial charge in [0.15, 0.2) is 0 Å². The fourth-order valence-corrected chi connectivity index (χ4v) is 3.27. The van der Waals surface area contributed by atoms with Crippen molar-refractivity contribution in [1.29, 1.82) is 0 Å². The van der Waals surface area contributed by atoms with Crippen LogP contribution in [0.1, 0.15) is 16.1 Å². The zero-order valence-corrected chi connectivity index (χ0v) is 12.4. The van der Waals surface area contributed by atoms with Crippen molar-refractivity contribution < 1.29 is 9.90 Å². The molecule has 3 heterocycles. The molecule has 0 atom stereocenters. The molecule has 0 aliphatic rings. The molecule has 0 aliphatic heterocycles. The summed E-state index contributed by atoms with van der Waals surface area (Å²) in [6, 6.07) is 3.63. The van der Waals surface area contributed by atoms with Crippen molar-refractivity contribution >= 4 is 34.3 Å². The van der Waals surface area contributed by atoms with E-state index in [2.05, 4.69) is 15.3 Å². The van der Waals surface area contributed by atoms with Gasteiger partial charge in [-0.1, -0.05) is 0 Å². The Morgan fingerprint density at radius 2 is 2.24 bits per heavy atom. The first-order valence-electron chi connectivity index (χ1n) is 6.11. The van der Waals surface area contributed by atoms with Gasteiger partial charge in [-0.05, 0) is 17.5 Å². The maximum atomic E-state index is 12.2. The molecule has 0 radical (unpaired) electrons. The van der Waals surface area contributed by atoms with Crippen LogP contribution < -0.4 is 5.32 Å². The second-order valence-corrected chi connectivity index (χ2v) is 5.83. The van der Waals surface area contributed by atoms with E-state index in [-0.39, 0.29) is 12.5 Å². The Balaban J connectivity index is 1.80. The van der Waals surface area contributed by atoms with E-state index in [4.69, 9.17) is 0 Å². The van der Waals surface area contributed by atoms with Gasteiger partial charge >= 0.3 is 0 Å². The average Bonchev–Trinajstić information content (AvgIpc) is 3.18. The van der Waals surface area contributed by atoms with Gasteiger partial charge < -0.3 is 10.4 Å². The summed E-state index contributed by atoms with van der Waals surface area (Å²) in [5, 5.41) is 18.5. The Hall–Kier alpha value is -2.09. The van der Waals surface area contributed by atoms with E-state index in [0.29, 0.717) is 16.9 Å². The zero-order valence-electron chi connectivity index (χ0n) is 10.8. The number of aliphatic hydroxyl groups excluding tert-OH is 1. The first-order chi connectivity index (χ1) is 10.3. The van der Waals surface area contributed by atoms with E-state index < -0.39 is 0 Å². The van der Waals surface area contributed by atoms with E-state index in [9.17, 15) is 9.90 Å². The van der Waals surface area contributed by atoms with Gasteiger partial charge in [0, 0.05) is 28.1 Å². The van der Waals surface area contributed by atoms with Crippen molar-refractivity contribution in [1.82, 2.24) is 9.97 Å². The quantitative estimate of drug-likeness (QED) is 0.775. The number of nitrogens with one attached hydrogen (secondary N) is 1. The minimum Gasteiger partial charge on any atom is -0.392 e. The molecule has 0 saturated carbocycles. The Morgan fingerprint density at radius 3 is 3.00 bits per heavy atom. The Morgan fingerprint density at radius 1 is 1.33 bits per heavy atom. The second-order valence-electron chi connectivity index (χ2n) is 4.19. The molecule has 21 heavy (non-hydrogen) atoms. The third-order valence-corrected chi connectivity index (χ3v) is 4.41. The van der Waals surface area contributed by atoms with Crippen molar-refractivity contribution in [2.75, 3.05) is 5.32 Å². The lowest BCUT2D eigenvalue weighted by Crippen LogP contribution is -2.14. The van der Waals surface area contributed by atoms with Gasteiger partial charge in [-0.3, -0.25) is 9.78 Å². The van der Waals surface area contributed by atoms with Crippen LogP contribution in [-0.2, 0) is 6.61 Å². The molecule has 0 spiro atoms. The van der Waals surface area contributed by atoms with Gasteiger partial charge in [-0.25, -0.2) is 4.98 Å². The number of carbonyl (C=O) groups is 1. The van der Waals surface area contributed by atoms with Crippen LogP contribution in [0.4, 0.5) is 5.69 Å². The van der Waals surface area contributed by atoms with Gasteiger partial charge in [0.2, 0.25) is 0 Å². The number of aliphatic hydroxyl groups is 1. The van der Waals surface area contributed by atoms with E-state index >= 15 is 0 Å². The molecule has 0 fully saturated rings. The summed E-state index contributed by atoms with van der Waals surface area (Å²) in [5.74, 6) is -0.310. The van der Waals surface area contributed by atoms with Crippen LogP contribution in [0.25, 0.3) is 10.6 Å². The number of pyridine rings is 1. The molecule has 3 rings (SSSR count). The van der Waals surface area contributed by atoms with Gasteiger partial charge in [-0.2, -0.15) is 11.3 Å². The summed E-state index contributed by atoms with van der Waals surface area (Å²) >= 11 is 3.02. The number of carbonyl (C=O) groups excluding carboxylic acids is 1. The third kappa shape index (κ3) is 2.99. The van der Waals surface area contributed by atoms with Crippen molar-refractivity contribution in [3.63, 3.8) is 0 Å². The van der Waals surface area contributed by atoms with Crippen LogP contribution in [0.3, 0.4) is 0 Å². The van der Waals surface area contributed by atoms with Crippen LogP contribution in [-0.4, -0.2) is 21.0 Å². The van der Waals surface area contributed by atoms with E-state index in [1.54, 1.807) is 29.0 Å². The summed E-state index contributed by atoms with van der Waals surface area (Å²) < 4.78 is 0. The predicted molar refractivity (Wildman–Crippen MR) is 83.5 cm³/mol. The van der Waals surface area contributed by atoms with Crippen molar-refractivity contribution in [2.24, 2.45) is 0 Å². The van der Waals surface area contributed by atoms with Gasteiger partial charge in [-0.15, -0.1) is 11.3 Å². The van der Waals surface area contributed by atoms with Crippen molar-refractivity contribution in [3.05, 3.63) is 51.9 Å². The fraction of sp³-hybridized carbons (Fsp3) is 0.0714. The smallest absolute Gasteiger partial charge is 0.275 e. The van der Waals surface area contributed by atoms with Crippen LogP contribution >= 0.6 is 22.7 Å². The van der Waals surface area contributed by atoms with E-state index in [1.807, 2.05) is 16.8 Å². The average molecular weight is 317 g/mol. The van der Waals surface area contributed by atoms with Crippen molar-refractivity contribution in [3.8, 4) is 10.6 Å². The Bertz CT molecular complexity index is 753. The number of anilines is 1. The molecule has 0 aliphatic carbocycles. The molecular weight excluding hydrogens is 306 g/mol. The minimum absolute atomic E-state index is 0.157. The van der Waals surface area contributed by atoms with Crippen molar-refractivity contribution in [2.45, 2.75) is 6.61 Å². The van der Waals surface area contributed by atoms with Crippen LogP contribution in [0, 0.1) is 0 Å². The number of amides is 1. The molecule has 0 saturated heterocycles.